The van der Waals surface area contributed by atoms with E-state index in [-0.39, 0.29) is 23.5 Å². The molecule has 3 nitrogen and oxygen atoms in total. The summed E-state index contributed by atoms with van der Waals surface area (Å²) in [6.45, 7) is 3.78. The zero-order valence-corrected chi connectivity index (χ0v) is 10.1. The van der Waals surface area contributed by atoms with Gasteiger partial charge in [-0.3, -0.25) is 4.79 Å². The Labute approximate surface area is 98.6 Å². The second-order valence-electron chi connectivity index (χ2n) is 3.69. The van der Waals surface area contributed by atoms with Crippen LogP contribution < -0.4 is 11.1 Å². The summed E-state index contributed by atoms with van der Waals surface area (Å²) in [7, 11) is 0. The Morgan fingerprint density at radius 1 is 1.56 bits per heavy atom. The highest BCUT2D eigenvalue weighted by molar-refractivity contribution is 8.00. The predicted molar refractivity (Wildman–Crippen MR) is 64.8 cm³/mol. The minimum absolute atomic E-state index is 0.0799. The van der Waals surface area contributed by atoms with E-state index in [1.54, 1.807) is 0 Å². The number of carbonyl (C=O) groups excluding carboxylic acids is 1. The summed E-state index contributed by atoms with van der Waals surface area (Å²) in [5.74, 6) is -0.184. The number of hydrogen-bond acceptors (Lipinski definition) is 3. The molecule has 88 valence electrons. The van der Waals surface area contributed by atoms with Gasteiger partial charge in [0, 0.05) is 16.6 Å². The van der Waals surface area contributed by atoms with Crippen molar-refractivity contribution in [2.45, 2.75) is 24.8 Å². The van der Waals surface area contributed by atoms with Gasteiger partial charge in [-0.25, -0.2) is 4.39 Å². The number of carbonyl (C=O) groups is 1. The van der Waals surface area contributed by atoms with E-state index in [4.69, 9.17) is 5.73 Å². The van der Waals surface area contributed by atoms with E-state index < -0.39 is 0 Å². The van der Waals surface area contributed by atoms with Crippen LogP contribution in [0.4, 0.5) is 10.1 Å². The van der Waals surface area contributed by atoms with E-state index >= 15 is 0 Å². The average Bonchev–Trinajstić information content (AvgIpc) is 2.18. The lowest BCUT2D eigenvalue weighted by Gasteiger charge is -2.08. The number of nitrogens with two attached hydrogens (primary N) is 1. The summed E-state index contributed by atoms with van der Waals surface area (Å²) in [4.78, 5) is 12.0. The van der Waals surface area contributed by atoms with Crippen LogP contribution in [0.1, 0.15) is 13.8 Å². The summed E-state index contributed by atoms with van der Waals surface area (Å²) in [6, 6.07) is 4.24. The van der Waals surface area contributed by atoms with E-state index in [0.717, 1.165) is 0 Å². The zero-order valence-electron chi connectivity index (χ0n) is 9.29. The minimum atomic E-state index is -0.346. The van der Waals surface area contributed by atoms with E-state index in [1.165, 1.54) is 30.0 Å². The summed E-state index contributed by atoms with van der Waals surface area (Å²) < 4.78 is 12.9. The third-order valence-electron chi connectivity index (χ3n) is 1.78. The molecule has 3 N–H and O–H groups in total. The smallest absolute Gasteiger partial charge is 0.230 e. The Hall–Kier alpha value is -1.23. The molecule has 0 aliphatic rings. The number of benzene rings is 1. The summed E-state index contributed by atoms with van der Waals surface area (Å²) in [5.41, 5.74) is 6.15. The quantitative estimate of drug-likeness (QED) is 0.627. The number of amides is 1. The molecule has 0 aromatic heterocycles. The van der Waals surface area contributed by atoms with Gasteiger partial charge >= 0.3 is 0 Å². The summed E-state index contributed by atoms with van der Waals surface area (Å²) in [6.07, 6.45) is 0. The highest BCUT2D eigenvalue weighted by Crippen LogP contribution is 2.25. The van der Waals surface area contributed by atoms with Crippen LogP contribution in [0.25, 0.3) is 0 Å². The maximum atomic E-state index is 12.9. The molecule has 5 heteroatoms. The van der Waals surface area contributed by atoms with Gasteiger partial charge in [0.25, 0.3) is 0 Å². The van der Waals surface area contributed by atoms with Gasteiger partial charge in [0.05, 0.1) is 5.75 Å². The molecule has 1 aromatic carbocycles. The van der Waals surface area contributed by atoms with Crippen LogP contribution in [0, 0.1) is 5.82 Å². The molecule has 0 saturated carbocycles. The number of halogens is 1. The fourth-order valence-electron chi connectivity index (χ4n) is 1.14. The van der Waals surface area contributed by atoms with Gasteiger partial charge in [0.15, 0.2) is 0 Å². The lowest BCUT2D eigenvalue weighted by atomic mass is 10.3. The van der Waals surface area contributed by atoms with Gasteiger partial charge in [-0.05, 0) is 32.0 Å². The maximum absolute atomic E-state index is 12.9. The van der Waals surface area contributed by atoms with Gasteiger partial charge in [0.2, 0.25) is 5.91 Å². The first-order valence-corrected chi connectivity index (χ1v) is 5.95. The van der Waals surface area contributed by atoms with Crippen molar-refractivity contribution in [2.24, 2.45) is 0 Å². The molecule has 0 atom stereocenters. The second-order valence-corrected chi connectivity index (χ2v) is 4.71. The normalized spacial score (nSPS) is 10.5. The molecule has 0 unspecified atom stereocenters. The van der Waals surface area contributed by atoms with Crippen LogP contribution in [0.3, 0.4) is 0 Å². The van der Waals surface area contributed by atoms with Crippen molar-refractivity contribution in [2.75, 3.05) is 11.5 Å². The van der Waals surface area contributed by atoms with Crippen molar-refractivity contribution >= 4 is 23.4 Å². The molecule has 0 aliphatic heterocycles. The molecular formula is C11H15FN2OS. The summed E-state index contributed by atoms with van der Waals surface area (Å²) >= 11 is 1.23. The number of thioether (sulfide) groups is 1. The van der Waals surface area contributed by atoms with Gasteiger partial charge in [-0.2, -0.15) is 0 Å². The number of nitrogen functional groups attached to an aromatic ring is 1. The number of anilines is 1. The molecule has 16 heavy (non-hydrogen) atoms. The Balaban J connectivity index is 2.54. The van der Waals surface area contributed by atoms with Crippen molar-refractivity contribution in [1.29, 1.82) is 0 Å². The molecule has 0 fully saturated rings. The second kappa shape index (κ2) is 5.75. The standard InChI is InChI=1S/C11H15FN2OS/c1-7(2)14-11(15)6-16-10-5-8(12)3-4-9(10)13/h3-5,7H,6,13H2,1-2H3,(H,14,15). The number of nitrogens with one attached hydrogen (secondary N) is 1. The van der Waals surface area contributed by atoms with Crippen LogP contribution in [-0.4, -0.2) is 17.7 Å². The predicted octanol–water partition coefficient (Wildman–Crippen LogP) is 2.02. The van der Waals surface area contributed by atoms with E-state index in [0.29, 0.717) is 10.6 Å². The van der Waals surface area contributed by atoms with Gasteiger partial charge in [0.1, 0.15) is 5.82 Å². The van der Waals surface area contributed by atoms with Crippen LogP contribution >= 0.6 is 11.8 Å². The Morgan fingerprint density at radius 3 is 2.88 bits per heavy atom. The lowest BCUT2D eigenvalue weighted by Crippen LogP contribution is -2.31. The van der Waals surface area contributed by atoms with Crippen molar-refractivity contribution in [3.05, 3.63) is 24.0 Å². The van der Waals surface area contributed by atoms with E-state index in [9.17, 15) is 9.18 Å². The molecule has 0 radical (unpaired) electrons. The Morgan fingerprint density at radius 2 is 2.25 bits per heavy atom. The average molecular weight is 242 g/mol. The van der Waals surface area contributed by atoms with Gasteiger partial charge in [-0.1, -0.05) is 0 Å². The fourth-order valence-corrected chi connectivity index (χ4v) is 1.94. The molecule has 0 saturated heterocycles. The molecule has 1 aromatic rings. The van der Waals surface area contributed by atoms with Gasteiger partial charge < -0.3 is 11.1 Å². The van der Waals surface area contributed by atoms with Crippen LogP contribution in [0.5, 0.6) is 0 Å². The maximum Gasteiger partial charge on any atom is 0.230 e. The van der Waals surface area contributed by atoms with Crippen molar-refractivity contribution in [3.8, 4) is 0 Å². The van der Waals surface area contributed by atoms with Crippen molar-refractivity contribution in [3.63, 3.8) is 0 Å². The largest absolute Gasteiger partial charge is 0.398 e. The molecular weight excluding hydrogens is 227 g/mol. The first kappa shape index (κ1) is 12.8. The highest BCUT2D eigenvalue weighted by Gasteiger charge is 2.07. The lowest BCUT2D eigenvalue weighted by molar-refractivity contribution is -0.119. The number of rotatable bonds is 4. The third-order valence-corrected chi connectivity index (χ3v) is 2.86. The van der Waals surface area contributed by atoms with Gasteiger partial charge in [-0.15, -0.1) is 11.8 Å². The number of hydrogen-bond donors (Lipinski definition) is 2. The van der Waals surface area contributed by atoms with E-state index in [1.807, 2.05) is 13.8 Å². The van der Waals surface area contributed by atoms with Crippen molar-refractivity contribution < 1.29 is 9.18 Å². The first-order chi connectivity index (χ1) is 7.49. The Kier molecular flexibility index (Phi) is 4.61. The van der Waals surface area contributed by atoms with Crippen molar-refractivity contribution in [1.82, 2.24) is 5.32 Å². The molecule has 0 spiro atoms. The molecule has 0 heterocycles. The summed E-state index contributed by atoms with van der Waals surface area (Å²) in [5, 5.41) is 2.75. The Bertz CT molecular complexity index is 382. The van der Waals surface area contributed by atoms with E-state index in [2.05, 4.69) is 5.32 Å². The highest BCUT2D eigenvalue weighted by atomic mass is 32.2. The SMILES string of the molecule is CC(C)NC(=O)CSc1cc(F)ccc1N. The molecule has 0 bridgehead atoms. The minimum Gasteiger partial charge on any atom is -0.398 e. The molecule has 1 amide bonds. The third kappa shape index (κ3) is 4.10. The first-order valence-electron chi connectivity index (χ1n) is 4.96. The topological polar surface area (TPSA) is 55.1 Å². The molecule has 1 rings (SSSR count). The van der Waals surface area contributed by atoms with Crippen LogP contribution in [-0.2, 0) is 4.79 Å². The monoisotopic (exact) mass is 242 g/mol. The zero-order chi connectivity index (χ0) is 12.1. The van der Waals surface area contributed by atoms with Crippen LogP contribution in [0.15, 0.2) is 23.1 Å². The fraction of sp³-hybridized carbons (Fsp3) is 0.364. The van der Waals surface area contributed by atoms with Crippen LogP contribution in [0.2, 0.25) is 0 Å². The molecule has 0 aliphatic carbocycles.